The highest BCUT2D eigenvalue weighted by atomic mass is 32.2. The van der Waals surface area contributed by atoms with Crippen molar-refractivity contribution in [1.82, 2.24) is 19.4 Å². The van der Waals surface area contributed by atoms with Gasteiger partial charge in [-0.1, -0.05) is 38.1 Å². The Labute approximate surface area is 260 Å². The van der Waals surface area contributed by atoms with E-state index in [4.69, 9.17) is 9.90 Å². The summed E-state index contributed by atoms with van der Waals surface area (Å²) in [5.41, 5.74) is 3.71. The van der Waals surface area contributed by atoms with Crippen LogP contribution in [0.3, 0.4) is 0 Å². The number of benzene rings is 3. The minimum atomic E-state index is -4.46. The molecule has 0 aliphatic rings. The topological polar surface area (TPSA) is 129 Å². The number of nitrogens with one attached hydrogen (secondary N) is 2. The van der Waals surface area contributed by atoms with Gasteiger partial charge in [0.25, 0.3) is 16.5 Å². The Kier molecular flexibility index (Phi) is 11.2. The lowest BCUT2D eigenvalue weighted by molar-refractivity contribution is -0.122. The number of anilines is 3. The highest BCUT2D eigenvalue weighted by Gasteiger charge is 2.24. The zero-order valence-electron chi connectivity index (χ0n) is 24.8. The summed E-state index contributed by atoms with van der Waals surface area (Å²) >= 11 is 0. The van der Waals surface area contributed by atoms with Gasteiger partial charge in [-0.05, 0) is 68.5 Å². The summed E-state index contributed by atoms with van der Waals surface area (Å²) in [7, 11) is -4.46. The normalized spacial score (nSPS) is 11.2. The van der Waals surface area contributed by atoms with Crippen molar-refractivity contribution in [3.05, 3.63) is 97.0 Å². The molecule has 0 saturated heterocycles. The van der Waals surface area contributed by atoms with E-state index >= 15 is 0 Å². The SMILES string of the molecule is CCN(CC)CCCn1cc(-c2cc(Nc3ccc(NS(=O)(=O)c4c(F)cccc4F)cc3)ncn2)c2ccccc21.O=CO. The number of aromatic nitrogens is 3. The van der Waals surface area contributed by atoms with Crippen molar-refractivity contribution in [2.75, 3.05) is 29.7 Å². The van der Waals surface area contributed by atoms with E-state index in [9.17, 15) is 17.2 Å². The summed E-state index contributed by atoms with van der Waals surface area (Å²) in [5, 5.41) is 11.2. The fourth-order valence-electron chi connectivity index (χ4n) is 4.93. The average molecular weight is 637 g/mol. The van der Waals surface area contributed by atoms with E-state index in [2.05, 4.69) is 61.7 Å². The van der Waals surface area contributed by atoms with Gasteiger partial charge in [-0.2, -0.15) is 0 Å². The highest BCUT2D eigenvalue weighted by molar-refractivity contribution is 7.92. The van der Waals surface area contributed by atoms with Gasteiger partial charge in [0, 0.05) is 46.6 Å². The van der Waals surface area contributed by atoms with Crippen molar-refractivity contribution in [3.8, 4) is 11.3 Å². The average Bonchev–Trinajstić information content (AvgIpc) is 3.39. The van der Waals surface area contributed by atoms with Gasteiger partial charge < -0.3 is 19.9 Å². The van der Waals surface area contributed by atoms with Crippen LogP contribution in [0.4, 0.5) is 26.0 Å². The van der Waals surface area contributed by atoms with Gasteiger partial charge in [0.2, 0.25) is 0 Å². The smallest absolute Gasteiger partial charge is 0.290 e. The number of aryl methyl sites for hydroxylation is 1. The molecule has 0 aliphatic heterocycles. The number of hydrogen-bond donors (Lipinski definition) is 3. The van der Waals surface area contributed by atoms with Crippen molar-refractivity contribution >= 4 is 44.6 Å². The number of carboxylic acid groups (broad SMARTS) is 1. The largest absolute Gasteiger partial charge is 0.483 e. The maximum atomic E-state index is 14.0. The number of sulfonamides is 1. The molecule has 3 aromatic carbocycles. The second-order valence-electron chi connectivity index (χ2n) is 9.89. The summed E-state index contributed by atoms with van der Waals surface area (Å²) < 4.78 is 57.7. The summed E-state index contributed by atoms with van der Waals surface area (Å²) in [4.78, 5) is 18.6. The van der Waals surface area contributed by atoms with Crippen LogP contribution in [0.25, 0.3) is 22.2 Å². The molecule has 0 saturated carbocycles. The molecule has 0 aliphatic carbocycles. The molecule has 0 bridgehead atoms. The molecule has 0 radical (unpaired) electrons. The molecule has 45 heavy (non-hydrogen) atoms. The molecule has 0 spiro atoms. The monoisotopic (exact) mass is 636 g/mol. The molecule has 5 aromatic rings. The van der Waals surface area contributed by atoms with Crippen molar-refractivity contribution in [2.45, 2.75) is 31.7 Å². The van der Waals surface area contributed by atoms with E-state index in [1.807, 2.05) is 18.2 Å². The molecule has 0 fully saturated rings. The molecule has 0 unspecified atom stereocenters. The Morgan fingerprint density at radius 2 is 1.58 bits per heavy atom. The van der Waals surface area contributed by atoms with E-state index in [1.54, 1.807) is 12.1 Å². The predicted octanol–water partition coefficient (Wildman–Crippen LogP) is 6.35. The molecular formula is C32H34F2N6O4S. The number of carbonyl (C=O) groups is 1. The number of nitrogens with zero attached hydrogens (tertiary/aromatic N) is 4. The number of fused-ring (bicyclic) bond motifs is 1. The summed E-state index contributed by atoms with van der Waals surface area (Å²) in [6, 6.07) is 19.3. The van der Waals surface area contributed by atoms with Gasteiger partial charge in [0.15, 0.2) is 4.90 Å². The molecule has 3 N–H and O–H groups in total. The van der Waals surface area contributed by atoms with Gasteiger partial charge in [0.05, 0.1) is 5.69 Å². The third kappa shape index (κ3) is 8.19. The minimum absolute atomic E-state index is 0.153. The van der Waals surface area contributed by atoms with E-state index in [0.29, 0.717) is 11.5 Å². The number of hydrogen-bond acceptors (Lipinski definition) is 7. The second-order valence-corrected chi connectivity index (χ2v) is 11.5. The first kappa shape index (κ1) is 33.0. The Hall–Kier alpha value is -4.88. The van der Waals surface area contributed by atoms with Crippen LogP contribution in [0.15, 0.2) is 90.2 Å². The minimum Gasteiger partial charge on any atom is -0.483 e. The zero-order valence-corrected chi connectivity index (χ0v) is 25.6. The zero-order chi connectivity index (χ0) is 32.4. The van der Waals surface area contributed by atoms with Crippen LogP contribution in [0.5, 0.6) is 0 Å². The van der Waals surface area contributed by atoms with Gasteiger partial charge in [-0.25, -0.2) is 27.2 Å². The van der Waals surface area contributed by atoms with Crippen LogP contribution in [0.1, 0.15) is 20.3 Å². The summed E-state index contributed by atoms with van der Waals surface area (Å²) in [5.74, 6) is -1.77. The summed E-state index contributed by atoms with van der Waals surface area (Å²) in [6.45, 7) is 8.12. The molecule has 236 valence electrons. The van der Waals surface area contributed by atoms with Crippen molar-refractivity contribution < 1.29 is 27.1 Å². The van der Waals surface area contributed by atoms with E-state index in [0.717, 1.165) is 73.0 Å². The molecule has 5 rings (SSSR count). The molecule has 10 nitrogen and oxygen atoms in total. The lowest BCUT2D eigenvalue weighted by Gasteiger charge is -2.17. The number of para-hydroxylation sites is 1. The van der Waals surface area contributed by atoms with Gasteiger partial charge in [-0.15, -0.1) is 0 Å². The Morgan fingerprint density at radius 3 is 2.24 bits per heavy atom. The molecular weight excluding hydrogens is 602 g/mol. The Bertz CT molecular complexity index is 1820. The third-order valence-electron chi connectivity index (χ3n) is 7.10. The highest BCUT2D eigenvalue weighted by Crippen LogP contribution is 2.31. The molecule has 2 aromatic heterocycles. The van der Waals surface area contributed by atoms with Gasteiger partial charge >= 0.3 is 0 Å². The second kappa shape index (κ2) is 15.2. The van der Waals surface area contributed by atoms with Crippen LogP contribution in [0.2, 0.25) is 0 Å². The van der Waals surface area contributed by atoms with Crippen LogP contribution in [0, 0.1) is 11.6 Å². The number of rotatable bonds is 12. The predicted molar refractivity (Wildman–Crippen MR) is 171 cm³/mol. The summed E-state index contributed by atoms with van der Waals surface area (Å²) in [6.07, 6.45) is 4.67. The maximum Gasteiger partial charge on any atom is 0.290 e. The van der Waals surface area contributed by atoms with Crippen LogP contribution >= 0.6 is 0 Å². The Morgan fingerprint density at radius 1 is 0.933 bits per heavy atom. The fourth-order valence-corrected chi connectivity index (χ4v) is 6.13. The first-order valence-electron chi connectivity index (χ1n) is 14.2. The van der Waals surface area contributed by atoms with Gasteiger partial charge in [0.1, 0.15) is 23.8 Å². The van der Waals surface area contributed by atoms with Crippen LogP contribution in [-0.2, 0) is 21.4 Å². The van der Waals surface area contributed by atoms with E-state index in [1.165, 1.54) is 18.5 Å². The first-order valence-corrected chi connectivity index (χ1v) is 15.7. The third-order valence-corrected chi connectivity index (χ3v) is 8.53. The van der Waals surface area contributed by atoms with Crippen LogP contribution < -0.4 is 10.0 Å². The quantitative estimate of drug-likeness (QED) is 0.135. The molecule has 0 atom stereocenters. The van der Waals surface area contributed by atoms with Crippen molar-refractivity contribution in [2.24, 2.45) is 0 Å². The molecule has 2 heterocycles. The lowest BCUT2D eigenvalue weighted by atomic mass is 10.1. The van der Waals surface area contributed by atoms with Crippen molar-refractivity contribution in [1.29, 1.82) is 0 Å². The lowest BCUT2D eigenvalue weighted by Crippen LogP contribution is -2.24. The number of halogens is 2. The maximum absolute atomic E-state index is 14.0. The molecule has 13 heteroatoms. The fraction of sp³-hybridized carbons (Fsp3) is 0.219. The van der Waals surface area contributed by atoms with Crippen LogP contribution in [-0.4, -0.2) is 59.1 Å². The van der Waals surface area contributed by atoms with Gasteiger partial charge in [-0.3, -0.25) is 9.52 Å². The van der Waals surface area contributed by atoms with E-state index < -0.39 is 26.6 Å². The standard InChI is InChI=1S/C31H32F2N6O2S.CH2O2/c1-3-38(4-2)17-8-18-39-20-25(24-9-5-6-12-29(24)39)28-19-30(35-21-34-28)36-22-13-15-23(16-14-22)37-42(40,41)31-26(32)10-7-11-27(31)33;2-1-3/h5-7,9-16,19-21,37H,3-4,8,17-18H2,1-2H3,(H,34,35,36);1H,(H,2,3). The van der Waals surface area contributed by atoms with E-state index in [-0.39, 0.29) is 12.2 Å². The Balaban J connectivity index is 0.00000148. The van der Waals surface area contributed by atoms with Crippen molar-refractivity contribution in [3.63, 3.8) is 0 Å². The first-order chi connectivity index (χ1) is 21.7. The molecule has 0 amide bonds.